The van der Waals surface area contributed by atoms with Gasteiger partial charge in [0.1, 0.15) is 0 Å². The Labute approximate surface area is 125 Å². The molecule has 0 atom stereocenters. The maximum absolute atomic E-state index is 12.5. The average Bonchev–Trinajstić information content (AvgIpc) is 2.88. The lowest BCUT2D eigenvalue weighted by atomic mass is 10.2. The van der Waals surface area contributed by atoms with Crippen molar-refractivity contribution in [1.29, 1.82) is 0 Å². The van der Waals surface area contributed by atoms with Gasteiger partial charge in [-0.05, 0) is 40.2 Å². The molecule has 0 amide bonds. The summed E-state index contributed by atoms with van der Waals surface area (Å²) in [5, 5.41) is 1.36. The molecule has 6 heteroatoms. The molecule has 2 aromatic carbocycles. The predicted molar refractivity (Wildman–Crippen MR) is 82.3 cm³/mol. The fourth-order valence-corrected chi connectivity index (χ4v) is 3.41. The minimum atomic E-state index is -0.351. The minimum absolute atomic E-state index is 0.343. The highest BCUT2D eigenvalue weighted by atomic mass is 79.9. The maximum atomic E-state index is 12.5. The number of fused-ring (bicyclic) bond motifs is 5. The van der Waals surface area contributed by atoms with Gasteiger partial charge in [-0.1, -0.05) is 23.7 Å². The molecule has 0 radical (unpaired) electrons. The average molecular weight is 350 g/mol. The molecule has 4 nitrogen and oxygen atoms in total. The van der Waals surface area contributed by atoms with Gasteiger partial charge < -0.3 is 0 Å². The van der Waals surface area contributed by atoms with E-state index in [2.05, 4.69) is 15.9 Å². The van der Waals surface area contributed by atoms with E-state index in [4.69, 9.17) is 11.6 Å². The highest BCUT2D eigenvalue weighted by Crippen LogP contribution is 2.26. The first-order chi connectivity index (χ1) is 9.61. The van der Waals surface area contributed by atoms with Crippen LogP contribution in [0.1, 0.15) is 0 Å². The topological polar surface area (TPSA) is 43.0 Å². The first kappa shape index (κ1) is 11.9. The Morgan fingerprint density at radius 1 is 0.950 bits per heavy atom. The molecular formula is C14H6BrClN2O2. The van der Waals surface area contributed by atoms with Crippen LogP contribution in [0, 0.1) is 0 Å². The third kappa shape index (κ3) is 1.26. The van der Waals surface area contributed by atoms with Gasteiger partial charge in [0.2, 0.25) is 0 Å². The molecule has 4 rings (SSSR count). The molecular weight excluding hydrogens is 344 g/mol. The van der Waals surface area contributed by atoms with Crippen LogP contribution in [0.4, 0.5) is 0 Å². The molecule has 0 fully saturated rings. The Morgan fingerprint density at radius 2 is 1.70 bits per heavy atom. The molecule has 0 saturated carbocycles. The van der Waals surface area contributed by atoms with Gasteiger partial charge in [-0.2, -0.15) is 4.52 Å². The zero-order chi connectivity index (χ0) is 14.0. The van der Waals surface area contributed by atoms with E-state index in [1.165, 1.54) is 0 Å². The van der Waals surface area contributed by atoms with Gasteiger partial charge in [0.15, 0.2) is 0 Å². The zero-order valence-electron chi connectivity index (χ0n) is 9.93. The summed E-state index contributed by atoms with van der Waals surface area (Å²) in [6, 6.07) is 10.5. The van der Waals surface area contributed by atoms with Crippen LogP contribution in [-0.4, -0.2) is 9.03 Å². The normalized spacial score (nSPS) is 11.9. The van der Waals surface area contributed by atoms with Crippen molar-refractivity contribution in [3.05, 3.63) is 66.6 Å². The van der Waals surface area contributed by atoms with Crippen LogP contribution in [0.3, 0.4) is 0 Å². The molecule has 0 N–H and O–H groups in total. The summed E-state index contributed by atoms with van der Waals surface area (Å²) in [4.78, 5) is 24.9. The Hall–Kier alpha value is -1.85. The first-order valence-corrected chi connectivity index (χ1v) is 7.04. The number of aromatic nitrogens is 2. The second-order valence-electron chi connectivity index (χ2n) is 4.50. The van der Waals surface area contributed by atoms with E-state index in [0.29, 0.717) is 31.3 Å². The van der Waals surface area contributed by atoms with Crippen LogP contribution in [-0.2, 0) is 0 Å². The van der Waals surface area contributed by atoms with Gasteiger partial charge in [0, 0.05) is 4.47 Å². The largest absolute Gasteiger partial charge is 0.283 e. The van der Waals surface area contributed by atoms with Crippen molar-refractivity contribution in [3.8, 4) is 0 Å². The van der Waals surface area contributed by atoms with E-state index in [0.717, 1.165) is 4.52 Å². The van der Waals surface area contributed by atoms with E-state index >= 15 is 0 Å². The third-order valence-electron chi connectivity index (χ3n) is 3.45. The summed E-state index contributed by atoms with van der Waals surface area (Å²) < 4.78 is 3.38. The van der Waals surface area contributed by atoms with Gasteiger partial charge in [0.25, 0.3) is 11.1 Å². The molecule has 0 aliphatic rings. The molecule has 2 aromatic heterocycles. The Bertz CT molecular complexity index is 1110. The lowest BCUT2D eigenvalue weighted by Gasteiger charge is -1.97. The van der Waals surface area contributed by atoms with Crippen molar-refractivity contribution in [2.24, 2.45) is 0 Å². The quantitative estimate of drug-likeness (QED) is 0.490. The number of para-hydroxylation sites is 1. The summed E-state index contributed by atoms with van der Waals surface area (Å²) in [6.07, 6.45) is 0. The van der Waals surface area contributed by atoms with Crippen LogP contribution < -0.4 is 11.1 Å². The van der Waals surface area contributed by atoms with Gasteiger partial charge in [-0.25, -0.2) is 4.52 Å². The maximum Gasteiger partial charge on any atom is 0.283 e. The van der Waals surface area contributed by atoms with E-state index in [1.54, 1.807) is 34.8 Å². The highest BCUT2D eigenvalue weighted by molar-refractivity contribution is 9.10. The minimum Gasteiger partial charge on any atom is -0.267 e. The molecule has 20 heavy (non-hydrogen) atoms. The molecule has 98 valence electrons. The van der Waals surface area contributed by atoms with Gasteiger partial charge in [0.05, 0.1) is 26.8 Å². The zero-order valence-corrected chi connectivity index (χ0v) is 12.3. The van der Waals surface area contributed by atoms with Crippen molar-refractivity contribution in [3.63, 3.8) is 0 Å². The molecule has 0 saturated heterocycles. The first-order valence-electron chi connectivity index (χ1n) is 5.87. The lowest BCUT2D eigenvalue weighted by Crippen LogP contribution is -2.21. The number of rotatable bonds is 0. The SMILES string of the molecule is O=c1c2cccc(Cl)c2n2c3cccc(Br)c3c(=O)n12. The van der Waals surface area contributed by atoms with Crippen molar-refractivity contribution in [1.82, 2.24) is 9.03 Å². The van der Waals surface area contributed by atoms with Crippen LogP contribution in [0.2, 0.25) is 5.02 Å². The summed E-state index contributed by atoms with van der Waals surface area (Å²) in [6.45, 7) is 0. The monoisotopic (exact) mass is 348 g/mol. The van der Waals surface area contributed by atoms with E-state index in [9.17, 15) is 9.59 Å². The Balaban J connectivity index is 2.53. The number of halogens is 2. The van der Waals surface area contributed by atoms with Gasteiger partial charge in [-0.15, -0.1) is 0 Å². The Kier molecular flexibility index (Phi) is 2.29. The number of hydrogen-bond donors (Lipinski definition) is 0. The van der Waals surface area contributed by atoms with Crippen LogP contribution in [0.5, 0.6) is 0 Å². The molecule has 2 heterocycles. The van der Waals surface area contributed by atoms with Crippen molar-refractivity contribution >= 4 is 49.3 Å². The molecule has 0 aliphatic carbocycles. The summed E-state index contributed by atoms with van der Waals surface area (Å²) >= 11 is 9.57. The summed E-state index contributed by atoms with van der Waals surface area (Å²) in [5.74, 6) is 0. The summed E-state index contributed by atoms with van der Waals surface area (Å²) in [7, 11) is 0. The second kappa shape index (κ2) is 3.84. The Morgan fingerprint density at radius 3 is 2.50 bits per heavy atom. The van der Waals surface area contributed by atoms with Gasteiger partial charge in [-0.3, -0.25) is 9.59 Å². The van der Waals surface area contributed by atoms with E-state index in [1.807, 2.05) is 6.07 Å². The van der Waals surface area contributed by atoms with Crippen LogP contribution in [0.25, 0.3) is 21.8 Å². The molecule has 0 bridgehead atoms. The standard InChI is InChI=1S/C14H6BrClN2O2/c15-8-4-2-6-10-11(8)14(20)18-13(19)7-3-1-5-9(16)12(7)17(10)18/h1-6H. The van der Waals surface area contributed by atoms with Crippen molar-refractivity contribution in [2.45, 2.75) is 0 Å². The fourth-order valence-electron chi connectivity index (χ4n) is 2.63. The summed E-state index contributed by atoms with van der Waals surface area (Å²) in [5.41, 5.74) is 0.522. The second-order valence-corrected chi connectivity index (χ2v) is 5.77. The number of nitrogens with zero attached hydrogens (tertiary/aromatic N) is 2. The van der Waals surface area contributed by atoms with Crippen LogP contribution >= 0.6 is 27.5 Å². The molecule has 0 aliphatic heterocycles. The number of hydrogen-bond acceptors (Lipinski definition) is 2. The van der Waals surface area contributed by atoms with Crippen molar-refractivity contribution in [2.75, 3.05) is 0 Å². The number of benzene rings is 2. The van der Waals surface area contributed by atoms with Crippen LogP contribution in [0.15, 0.2) is 50.5 Å². The molecule has 0 spiro atoms. The third-order valence-corrected chi connectivity index (χ3v) is 4.41. The van der Waals surface area contributed by atoms with Crippen molar-refractivity contribution < 1.29 is 0 Å². The molecule has 0 unspecified atom stereocenters. The lowest BCUT2D eigenvalue weighted by molar-refractivity contribution is 0.841. The predicted octanol–water partition coefficient (Wildman–Crippen LogP) is 2.92. The molecule has 4 aromatic rings. The van der Waals surface area contributed by atoms with Gasteiger partial charge >= 0.3 is 0 Å². The fraction of sp³-hybridized carbons (Fsp3) is 0. The smallest absolute Gasteiger partial charge is 0.267 e. The van der Waals surface area contributed by atoms with E-state index in [-0.39, 0.29) is 11.1 Å². The highest BCUT2D eigenvalue weighted by Gasteiger charge is 2.19. The van der Waals surface area contributed by atoms with E-state index < -0.39 is 0 Å².